The summed E-state index contributed by atoms with van der Waals surface area (Å²) in [6.07, 6.45) is 0. The molecule has 0 bridgehead atoms. The first kappa shape index (κ1) is 27.6. The lowest BCUT2D eigenvalue weighted by Gasteiger charge is -2.41. The van der Waals surface area contributed by atoms with Gasteiger partial charge in [-0.25, -0.2) is 0 Å². The van der Waals surface area contributed by atoms with Crippen molar-refractivity contribution in [1.82, 2.24) is 0 Å². The van der Waals surface area contributed by atoms with Gasteiger partial charge in [-0.2, -0.15) is 0 Å². The Bertz CT molecular complexity index is 1090. The molecule has 0 amide bonds. The lowest BCUT2D eigenvalue weighted by Crippen LogP contribution is -2.69. The third-order valence-corrected chi connectivity index (χ3v) is 20.6. The van der Waals surface area contributed by atoms with Gasteiger partial charge < -0.3 is 21.9 Å². The van der Waals surface area contributed by atoms with Crippen molar-refractivity contribution >= 4 is 55.0 Å². The zero-order valence-corrected chi connectivity index (χ0v) is 25.7. The van der Waals surface area contributed by atoms with Crippen LogP contribution in [-0.4, -0.2) is 43.8 Å². The first-order valence-electron chi connectivity index (χ1n) is 12.3. The van der Waals surface area contributed by atoms with Gasteiger partial charge in [0.15, 0.2) is 0 Å². The molecule has 0 saturated carbocycles. The molecule has 0 spiro atoms. The SMILES string of the molecule is C[Si](C)(O[Si](C)(C)O[Si](O)(c1ccccc1)c1ccccc1)O[Si](O)(c1ccccc1)c1ccccc1. The summed E-state index contributed by atoms with van der Waals surface area (Å²) < 4.78 is 20.0. The van der Waals surface area contributed by atoms with Gasteiger partial charge >= 0.3 is 34.2 Å². The first-order chi connectivity index (χ1) is 17.5. The largest absolute Gasteiger partial charge is 0.416 e. The topological polar surface area (TPSA) is 68.2 Å². The third kappa shape index (κ3) is 6.52. The van der Waals surface area contributed by atoms with Crippen LogP contribution in [0.5, 0.6) is 0 Å². The summed E-state index contributed by atoms with van der Waals surface area (Å²) >= 11 is 0. The Labute approximate surface area is 224 Å². The van der Waals surface area contributed by atoms with E-state index < -0.39 is 34.2 Å². The Kier molecular flexibility index (Phi) is 8.28. The first-order valence-corrected chi connectivity index (χ1v) is 21.7. The fraction of sp³-hybridized carbons (Fsp3) is 0.143. The van der Waals surface area contributed by atoms with E-state index >= 15 is 0 Å². The lowest BCUT2D eigenvalue weighted by molar-refractivity contribution is 0.288. The zero-order valence-electron chi connectivity index (χ0n) is 21.7. The Hall–Kier alpha value is -2.45. The van der Waals surface area contributed by atoms with Crippen molar-refractivity contribution in [3.8, 4) is 0 Å². The summed E-state index contributed by atoms with van der Waals surface area (Å²) in [6, 6.07) is 38.1. The molecule has 4 aromatic rings. The van der Waals surface area contributed by atoms with Crippen LogP contribution in [-0.2, 0) is 12.3 Å². The molecule has 0 aliphatic carbocycles. The maximum absolute atomic E-state index is 12.1. The van der Waals surface area contributed by atoms with E-state index in [0.29, 0.717) is 0 Å². The van der Waals surface area contributed by atoms with E-state index in [4.69, 9.17) is 12.3 Å². The summed E-state index contributed by atoms with van der Waals surface area (Å²) in [5, 5.41) is 3.02. The predicted molar refractivity (Wildman–Crippen MR) is 158 cm³/mol. The predicted octanol–water partition coefficient (Wildman–Crippen LogP) is 2.94. The van der Waals surface area contributed by atoms with Crippen molar-refractivity contribution in [2.24, 2.45) is 0 Å². The smallest absolute Gasteiger partial charge is 0.395 e. The Morgan fingerprint density at radius 3 is 0.811 bits per heavy atom. The summed E-state index contributed by atoms with van der Waals surface area (Å²) in [4.78, 5) is 24.2. The second-order valence-electron chi connectivity index (χ2n) is 9.86. The molecule has 0 heterocycles. The van der Waals surface area contributed by atoms with E-state index in [1.807, 2.05) is 148 Å². The van der Waals surface area contributed by atoms with Gasteiger partial charge in [-0.1, -0.05) is 121 Å². The van der Waals surface area contributed by atoms with Crippen LogP contribution in [0.3, 0.4) is 0 Å². The molecule has 192 valence electrons. The summed E-state index contributed by atoms with van der Waals surface area (Å²) in [5.74, 6) is 0. The van der Waals surface area contributed by atoms with Crippen LogP contribution >= 0.6 is 0 Å². The van der Waals surface area contributed by atoms with Crippen LogP contribution in [0.4, 0.5) is 0 Å². The molecular formula is C28H34O5Si4. The number of hydrogen-bond acceptors (Lipinski definition) is 5. The van der Waals surface area contributed by atoms with E-state index in [1.54, 1.807) is 0 Å². The Balaban J connectivity index is 1.65. The van der Waals surface area contributed by atoms with Crippen molar-refractivity contribution in [2.75, 3.05) is 0 Å². The van der Waals surface area contributed by atoms with Gasteiger partial charge in [-0.15, -0.1) is 0 Å². The molecule has 0 radical (unpaired) electrons. The van der Waals surface area contributed by atoms with E-state index in [1.165, 1.54) is 0 Å². The molecule has 2 N–H and O–H groups in total. The van der Waals surface area contributed by atoms with Crippen molar-refractivity contribution in [1.29, 1.82) is 0 Å². The molecule has 9 heteroatoms. The van der Waals surface area contributed by atoms with Crippen molar-refractivity contribution in [3.05, 3.63) is 121 Å². The molecule has 0 unspecified atom stereocenters. The highest BCUT2D eigenvalue weighted by Crippen LogP contribution is 2.23. The lowest BCUT2D eigenvalue weighted by atomic mass is 10.4. The minimum Gasteiger partial charge on any atom is -0.416 e. The average molecular weight is 563 g/mol. The molecule has 0 fully saturated rings. The number of benzene rings is 4. The maximum Gasteiger partial charge on any atom is 0.395 e. The van der Waals surface area contributed by atoms with Crippen LogP contribution in [0, 0.1) is 0 Å². The molecule has 0 aromatic heterocycles. The van der Waals surface area contributed by atoms with Crippen LogP contribution in [0.2, 0.25) is 26.2 Å². The summed E-state index contributed by atoms with van der Waals surface area (Å²) in [5.41, 5.74) is 0. The number of hydrogen-bond donors (Lipinski definition) is 2. The van der Waals surface area contributed by atoms with Crippen LogP contribution in [0.25, 0.3) is 0 Å². The van der Waals surface area contributed by atoms with Gasteiger partial charge in [0.05, 0.1) is 0 Å². The molecule has 0 aliphatic heterocycles. The minimum absolute atomic E-state index is 0.755. The standard InChI is InChI=1S/C28H34O5Si4/c1-34(2,32-36(29,25-17-9-5-10-18-25)26-19-11-6-12-20-26)31-35(3,4)33-37(30,27-21-13-7-14-22-27)28-23-15-8-16-24-28/h5-24,29-30H,1-4H3. The Morgan fingerprint density at radius 2 is 0.595 bits per heavy atom. The Morgan fingerprint density at radius 1 is 0.378 bits per heavy atom. The van der Waals surface area contributed by atoms with Gasteiger partial charge in [0.25, 0.3) is 0 Å². The second-order valence-corrected chi connectivity index (χ2v) is 22.8. The molecule has 0 aliphatic rings. The average Bonchev–Trinajstić information content (AvgIpc) is 2.89. The van der Waals surface area contributed by atoms with Gasteiger partial charge in [0.2, 0.25) is 0 Å². The van der Waals surface area contributed by atoms with E-state index in [9.17, 15) is 9.59 Å². The second kappa shape index (κ2) is 11.1. The highest BCUT2D eigenvalue weighted by Gasteiger charge is 2.51. The zero-order chi connectivity index (χ0) is 26.6. The van der Waals surface area contributed by atoms with E-state index in [-0.39, 0.29) is 0 Å². The van der Waals surface area contributed by atoms with E-state index in [0.717, 1.165) is 20.7 Å². The van der Waals surface area contributed by atoms with Gasteiger partial charge in [0.1, 0.15) is 0 Å². The highest BCUT2D eigenvalue weighted by molar-refractivity contribution is 6.99. The summed E-state index contributed by atoms with van der Waals surface area (Å²) in [7, 11) is -13.1. The van der Waals surface area contributed by atoms with Crippen molar-refractivity contribution in [3.63, 3.8) is 0 Å². The fourth-order valence-electron chi connectivity index (χ4n) is 4.57. The quantitative estimate of drug-likeness (QED) is 0.291. The van der Waals surface area contributed by atoms with Gasteiger partial charge in [0, 0.05) is 0 Å². The summed E-state index contributed by atoms with van der Waals surface area (Å²) in [6.45, 7) is 7.72. The molecule has 4 aromatic carbocycles. The normalized spacial score (nSPS) is 12.9. The molecule has 0 saturated heterocycles. The highest BCUT2D eigenvalue weighted by atomic mass is 28.5. The number of rotatable bonds is 10. The molecular weight excluding hydrogens is 529 g/mol. The molecule has 5 nitrogen and oxygen atoms in total. The van der Waals surface area contributed by atoms with Crippen LogP contribution < -0.4 is 20.7 Å². The van der Waals surface area contributed by atoms with E-state index in [2.05, 4.69) is 0 Å². The molecule has 4 rings (SSSR count). The minimum atomic E-state index is -3.57. The van der Waals surface area contributed by atoms with Crippen LogP contribution in [0.15, 0.2) is 121 Å². The molecule has 0 atom stereocenters. The van der Waals surface area contributed by atoms with Gasteiger partial charge in [-0.05, 0) is 46.9 Å². The van der Waals surface area contributed by atoms with Crippen molar-refractivity contribution < 1.29 is 21.9 Å². The third-order valence-electron chi connectivity index (χ3n) is 5.94. The maximum atomic E-state index is 12.1. The van der Waals surface area contributed by atoms with Gasteiger partial charge in [-0.3, -0.25) is 0 Å². The van der Waals surface area contributed by atoms with Crippen LogP contribution in [0.1, 0.15) is 0 Å². The van der Waals surface area contributed by atoms with Crippen molar-refractivity contribution in [2.45, 2.75) is 26.2 Å². The molecule has 37 heavy (non-hydrogen) atoms. The fourth-order valence-corrected chi connectivity index (χ4v) is 21.2. The monoisotopic (exact) mass is 562 g/mol.